The highest BCUT2D eigenvalue weighted by atomic mass is 14.9. The van der Waals surface area contributed by atoms with Gasteiger partial charge in [0.15, 0.2) is 0 Å². The van der Waals surface area contributed by atoms with Gasteiger partial charge < -0.3 is 5.32 Å². The lowest BCUT2D eigenvalue weighted by molar-refractivity contribution is 0.351. The van der Waals surface area contributed by atoms with Crippen LogP contribution in [0.25, 0.3) is 11.3 Å². The van der Waals surface area contributed by atoms with Crippen LogP contribution >= 0.6 is 0 Å². The fraction of sp³-hybridized carbons (Fsp3) is 0.522. The monoisotopic (exact) mass is 360 g/mol. The van der Waals surface area contributed by atoms with Gasteiger partial charge in [-0.25, -0.2) is 9.97 Å². The maximum Gasteiger partial charge on any atom is 0.232 e. The molecule has 1 aromatic heterocycles. The molecule has 2 aliphatic rings. The van der Waals surface area contributed by atoms with Gasteiger partial charge in [0.25, 0.3) is 0 Å². The maximum absolute atomic E-state index is 9.32. The molecular formula is C23H28N4. The predicted molar refractivity (Wildman–Crippen MR) is 107 cm³/mol. The number of hydrogen-bond acceptors (Lipinski definition) is 4. The number of rotatable bonds is 6. The molecule has 4 nitrogen and oxygen atoms in total. The molecule has 0 aliphatic heterocycles. The fourth-order valence-corrected chi connectivity index (χ4v) is 4.78. The van der Waals surface area contributed by atoms with Gasteiger partial charge in [0.1, 0.15) is 6.07 Å². The lowest BCUT2D eigenvalue weighted by Gasteiger charge is -2.22. The van der Waals surface area contributed by atoms with Crippen LogP contribution in [-0.2, 0) is 6.42 Å². The van der Waals surface area contributed by atoms with Crippen molar-refractivity contribution in [3.05, 3.63) is 46.9 Å². The Labute approximate surface area is 162 Å². The number of hydrogen-bond donors (Lipinski definition) is 1. The molecule has 140 valence electrons. The zero-order valence-electron chi connectivity index (χ0n) is 16.3. The molecule has 2 fully saturated rings. The molecule has 3 atom stereocenters. The van der Waals surface area contributed by atoms with E-state index in [1.807, 2.05) is 6.07 Å². The van der Waals surface area contributed by atoms with Crippen molar-refractivity contribution in [1.82, 2.24) is 15.3 Å². The molecule has 0 amide bonds. The van der Waals surface area contributed by atoms with Gasteiger partial charge >= 0.3 is 0 Å². The molecular weight excluding hydrogens is 332 g/mol. The number of aromatic nitrogens is 2. The van der Waals surface area contributed by atoms with Crippen molar-refractivity contribution in [3.8, 4) is 17.3 Å². The minimum absolute atomic E-state index is 0.266. The zero-order chi connectivity index (χ0) is 18.8. The summed E-state index contributed by atoms with van der Waals surface area (Å²) in [5, 5.41) is 13.1. The Bertz CT molecular complexity index is 867. The highest BCUT2D eigenvalue weighted by Gasteiger charge is 2.38. The second kappa shape index (κ2) is 7.78. The van der Waals surface area contributed by atoms with Crippen LogP contribution < -0.4 is 5.32 Å². The Hall–Kier alpha value is -2.25. The zero-order valence-corrected chi connectivity index (χ0v) is 16.3. The number of benzene rings is 1. The van der Waals surface area contributed by atoms with E-state index in [9.17, 15) is 5.26 Å². The van der Waals surface area contributed by atoms with Crippen LogP contribution in [0.1, 0.15) is 54.7 Å². The van der Waals surface area contributed by atoms with Crippen molar-refractivity contribution in [1.29, 1.82) is 5.26 Å². The van der Waals surface area contributed by atoms with Crippen molar-refractivity contribution in [2.75, 3.05) is 6.54 Å². The normalized spacial score (nSPS) is 23.5. The predicted octanol–water partition coefficient (Wildman–Crippen LogP) is 4.34. The second-order valence-electron chi connectivity index (χ2n) is 8.32. The minimum Gasteiger partial charge on any atom is -0.314 e. The topological polar surface area (TPSA) is 61.6 Å². The van der Waals surface area contributed by atoms with Crippen LogP contribution in [0.4, 0.5) is 0 Å². The molecule has 4 heteroatoms. The Kier molecular flexibility index (Phi) is 5.22. The van der Waals surface area contributed by atoms with Crippen LogP contribution in [0.2, 0.25) is 0 Å². The molecule has 4 rings (SSSR count). The standard InChI is InChI=1S/C23H28N4/c1-15-5-7-18(10-16(15)2)22-13-20(26-23(14-24)27-22)4-3-9-25-21-12-17-6-8-19(21)11-17/h5,7,10,13,17,19,21,25H,3-4,6,8-9,11-12H2,1-2H3. The van der Waals surface area contributed by atoms with Gasteiger partial charge in [0.05, 0.1) is 5.69 Å². The fourth-order valence-electron chi connectivity index (χ4n) is 4.78. The largest absolute Gasteiger partial charge is 0.314 e. The molecule has 2 bridgehead atoms. The molecule has 2 aliphatic carbocycles. The summed E-state index contributed by atoms with van der Waals surface area (Å²) in [4.78, 5) is 8.85. The van der Waals surface area contributed by atoms with E-state index in [0.29, 0.717) is 0 Å². The van der Waals surface area contributed by atoms with E-state index in [0.717, 1.165) is 54.2 Å². The van der Waals surface area contributed by atoms with Gasteiger partial charge in [-0.1, -0.05) is 18.6 Å². The Morgan fingerprint density at radius 2 is 2.00 bits per heavy atom. The van der Waals surface area contributed by atoms with Crippen LogP contribution in [0, 0.1) is 37.0 Å². The average Bonchev–Trinajstić information content (AvgIpc) is 3.30. The highest BCUT2D eigenvalue weighted by Crippen LogP contribution is 2.44. The molecule has 27 heavy (non-hydrogen) atoms. The first-order valence-corrected chi connectivity index (χ1v) is 10.2. The molecule has 3 unspecified atom stereocenters. The number of nitrogens with one attached hydrogen (secondary N) is 1. The minimum atomic E-state index is 0.266. The first-order valence-electron chi connectivity index (χ1n) is 10.2. The van der Waals surface area contributed by atoms with Crippen LogP contribution in [0.15, 0.2) is 24.3 Å². The van der Waals surface area contributed by atoms with Crippen LogP contribution in [-0.4, -0.2) is 22.6 Å². The summed E-state index contributed by atoms with van der Waals surface area (Å²) in [6.45, 7) is 5.24. The van der Waals surface area contributed by atoms with Gasteiger partial charge in [-0.2, -0.15) is 5.26 Å². The third-order valence-corrected chi connectivity index (χ3v) is 6.44. The Morgan fingerprint density at radius 3 is 2.70 bits per heavy atom. The van der Waals surface area contributed by atoms with Crippen molar-refractivity contribution in [2.24, 2.45) is 11.8 Å². The number of nitrogens with zero attached hydrogens (tertiary/aromatic N) is 3. The molecule has 0 saturated heterocycles. The van der Waals surface area contributed by atoms with E-state index in [1.54, 1.807) is 0 Å². The number of aryl methyl sites for hydroxylation is 3. The maximum atomic E-state index is 9.32. The van der Waals surface area contributed by atoms with E-state index < -0.39 is 0 Å². The summed E-state index contributed by atoms with van der Waals surface area (Å²) in [6.07, 6.45) is 7.59. The van der Waals surface area contributed by atoms with E-state index in [2.05, 4.69) is 53.4 Å². The van der Waals surface area contributed by atoms with Gasteiger partial charge in [0, 0.05) is 17.3 Å². The summed E-state index contributed by atoms with van der Waals surface area (Å²) >= 11 is 0. The third-order valence-electron chi connectivity index (χ3n) is 6.44. The molecule has 0 radical (unpaired) electrons. The molecule has 1 aromatic carbocycles. The molecule has 1 heterocycles. The summed E-state index contributed by atoms with van der Waals surface area (Å²) < 4.78 is 0. The van der Waals surface area contributed by atoms with Crippen molar-refractivity contribution in [3.63, 3.8) is 0 Å². The van der Waals surface area contributed by atoms with Crippen molar-refractivity contribution < 1.29 is 0 Å². The smallest absolute Gasteiger partial charge is 0.232 e. The molecule has 2 aromatic rings. The number of nitriles is 1. The molecule has 2 saturated carbocycles. The van der Waals surface area contributed by atoms with E-state index in [1.165, 1.54) is 36.8 Å². The van der Waals surface area contributed by atoms with Crippen molar-refractivity contribution >= 4 is 0 Å². The van der Waals surface area contributed by atoms with Gasteiger partial charge in [-0.3, -0.25) is 0 Å². The summed E-state index contributed by atoms with van der Waals surface area (Å²) in [7, 11) is 0. The number of fused-ring (bicyclic) bond motifs is 2. The van der Waals surface area contributed by atoms with E-state index in [4.69, 9.17) is 0 Å². The average molecular weight is 361 g/mol. The lowest BCUT2D eigenvalue weighted by atomic mass is 9.95. The quantitative estimate of drug-likeness (QED) is 0.778. The summed E-state index contributed by atoms with van der Waals surface area (Å²) in [5.41, 5.74) is 5.37. The van der Waals surface area contributed by atoms with Gasteiger partial charge in [-0.15, -0.1) is 0 Å². The van der Waals surface area contributed by atoms with Crippen LogP contribution in [0.5, 0.6) is 0 Å². The van der Waals surface area contributed by atoms with Gasteiger partial charge in [-0.05, 0) is 87.6 Å². The van der Waals surface area contributed by atoms with Crippen molar-refractivity contribution in [2.45, 2.75) is 58.4 Å². The Balaban J connectivity index is 1.40. The summed E-state index contributed by atoms with van der Waals surface area (Å²) in [5.74, 6) is 2.16. The lowest BCUT2D eigenvalue weighted by Crippen LogP contribution is -2.34. The molecule has 1 N–H and O–H groups in total. The second-order valence-corrected chi connectivity index (χ2v) is 8.32. The SMILES string of the molecule is Cc1ccc(-c2cc(CCCNC3CC4CCC3C4)nc(C#N)n2)cc1C. The first kappa shape index (κ1) is 18.1. The molecule has 0 spiro atoms. The van der Waals surface area contributed by atoms with Crippen LogP contribution in [0.3, 0.4) is 0 Å². The summed E-state index contributed by atoms with van der Waals surface area (Å²) in [6, 6.07) is 11.2. The third kappa shape index (κ3) is 4.04. The Morgan fingerprint density at radius 1 is 1.11 bits per heavy atom. The highest BCUT2D eigenvalue weighted by molar-refractivity contribution is 5.61. The van der Waals surface area contributed by atoms with E-state index in [-0.39, 0.29) is 5.82 Å². The van der Waals surface area contributed by atoms with E-state index >= 15 is 0 Å². The first-order chi connectivity index (χ1) is 13.1. The van der Waals surface area contributed by atoms with Gasteiger partial charge in [0.2, 0.25) is 5.82 Å².